The molecular formula is C18H15F3N4O4S. The van der Waals surface area contributed by atoms with Gasteiger partial charge in [0.1, 0.15) is 17.9 Å². The van der Waals surface area contributed by atoms with Crippen molar-refractivity contribution in [2.75, 3.05) is 6.54 Å². The second-order valence-corrected chi connectivity index (χ2v) is 6.79. The lowest BCUT2D eigenvalue weighted by Gasteiger charge is -2.10. The number of carbonyl (C=O) groups is 1. The Labute approximate surface area is 170 Å². The molecule has 12 heteroatoms. The van der Waals surface area contributed by atoms with Gasteiger partial charge in [-0.25, -0.2) is 22.8 Å². The number of ether oxygens (including phenoxy) is 1. The standard InChI is InChI=1S/C18H15F3N4O4S/c19-18(20,21)29-15-7-5-14(6-8-15)25-16(9-10-22-30(27)28)23-17(24-25)13-3-1-12(11-26)2-4-13/h1-8,11,30H,9-10H2,(H,22,27,28). The van der Waals surface area contributed by atoms with Crippen LogP contribution in [-0.2, 0) is 17.3 Å². The van der Waals surface area contributed by atoms with Crippen LogP contribution in [0.25, 0.3) is 17.1 Å². The van der Waals surface area contributed by atoms with Crippen LogP contribution in [0.5, 0.6) is 5.75 Å². The van der Waals surface area contributed by atoms with Gasteiger partial charge in [-0.3, -0.25) is 4.79 Å². The molecule has 2 aromatic carbocycles. The zero-order chi connectivity index (χ0) is 21.7. The molecule has 3 aromatic rings. The number of alkyl halides is 3. The van der Waals surface area contributed by atoms with E-state index in [0.717, 1.165) is 12.1 Å². The number of carbonyl (C=O) groups excluding carboxylic acids is 1. The molecule has 0 radical (unpaired) electrons. The second kappa shape index (κ2) is 9.05. The van der Waals surface area contributed by atoms with E-state index in [1.165, 1.54) is 16.8 Å². The molecular weight excluding hydrogens is 425 g/mol. The Bertz CT molecular complexity index is 1090. The minimum atomic E-state index is -4.80. The molecule has 3 rings (SSSR count). The molecule has 8 nitrogen and oxygen atoms in total. The summed E-state index contributed by atoms with van der Waals surface area (Å²) in [6.07, 6.45) is -3.92. The largest absolute Gasteiger partial charge is 0.573 e. The minimum absolute atomic E-state index is 0.0657. The van der Waals surface area contributed by atoms with Crippen LogP contribution in [0.4, 0.5) is 13.2 Å². The van der Waals surface area contributed by atoms with Crippen molar-refractivity contribution >= 4 is 17.2 Å². The lowest BCUT2D eigenvalue weighted by atomic mass is 10.1. The van der Waals surface area contributed by atoms with E-state index >= 15 is 0 Å². The number of aromatic nitrogens is 3. The van der Waals surface area contributed by atoms with Crippen LogP contribution in [0.1, 0.15) is 16.2 Å². The summed E-state index contributed by atoms with van der Waals surface area (Å²) in [5.41, 5.74) is 1.50. The van der Waals surface area contributed by atoms with E-state index in [1.54, 1.807) is 24.3 Å². The molecule has 0 atom stereocenters. The monoisotopic (exact) mass is 440 g/mol. The molecule has 0 fully saturated rings. The highest BCUT2D eigenvalue weighted by atomic mass is 32.2. The highest BCUT2D eigenvalue weighted by molar-refractivity contribution is 7.70. The Balaban J connectivity index is 1.93. The van der Waals surface area contributed by atoms with Gasteiger partial charge in [-0.1, -0.05) is 24.3 Å². The van der Waals surface area contributed by atoms with E-state index in [4.69, 9.17) is 0 Å². The molecule has 0 spiro atoms. The van der Waals surface area contributed by atoms with Gasteiger partial charge < -0.3 is 4.74 Å². The Kier molecular flexibility index (Phi) is 6.47. The van der Waals surface area contributed by atoms with Gasteiger partial charge in [0.05, 0.1) is 5.69 Å². The third-order valence-corrected chi connectivity index (χ3v) is 4.37. The fourth-order valence-corrected chi connectivity index (χ4v) is 2.89. The number of nitrogens with one attached hydrogen (secondary N) is 1. The predicted molar refractivity (Wildman–Crippen MR) is 101 cm³/mol. The maximum absolute atomic E-state index is 12.4. The molecule has 0 unspecified atom stereocenters. The van der Waals surface area contributed by atoms with Crippen molar-refractivity contribution in [2.45, 2.75) is 12.8 Å². The minimum Gasteiger partial charge on any atom is -0.406 e. The van der Waals surface area contributed by atoms with Gasteiger partial charge in [-0.15, -0.1) is 18.3 Å². The van der Waals surface area contributed by atoms with Gasteiger partial charge in [0.25, 0.3) is 0 Å². The molecule has 158 valence electrons. The summed E-state index contributed by atoms with van der Waals surface area (Å²) in [6, 6.07) is 11.5. The first-order valence-corrected chi connectivity index (χ1v) is 9.68. The molecule has 1 heterocycles. The molecule has 0 saturated carbocycles. The fourth-order valence-electron chi connectivity index (χ4n) is 2.59. The molecule has 1 N–H and O–H groups in total. The number of aldehydes is 1. The average molecular weight is 440 g/mol. The van der Waals surface area contributed by atoms with Crippen molar-refractivity contribution in [3.63, 3.8) is 0 Å². The number of benzene rings is 2. The molecule has 0 aliphatic carbocycles. The van der Waals surface area contributed by atoms with Crippen LogP contribution in [0, 0.1) is 0 Å². The van der Waals surface area contributed by atoms with Gasteiger partial charge in [-0.2, -0.15) is 0 Å². The van der Waals surface area contributed by atoms with Crippen molar-refractivity contribution < 1.29 is 31.1 Å². The lowest BCUT2D eigenvalue weighted by molar-refractivity contribution is -0.274. The smallest absolute Gasteiger partial charge is 0.406 e. The van der Waals surface area contributed by atoms with Crippen LogP contribution in [-0.4, -0.2) is 42.4 Å². The lowest BCUT2D eigenvalue weighted by Crippen LogP contribution is -2.17. The van der Waals surface area contributed by atoms with Crippen LogP contribution >= 0.6 is 0 Å². The summed E-state index contributed by atoms with van der Waals surface area (Å²) in [5, 5.41) is 4.38. The fraction of sp³-hybridized carbons (Fsp3) is 0.167. The first-order valence-electron chi connectivity index (χ1n) is 8.51. The Morgan fingerprint density at radius 3 is 2.30 bits per heavy atom. The van der Waals surface area contributed by atoms with Crippen LogP contribution in [0.2, 0.25) is 0 Å². The Morgan fingerprint density at radius 1 is 1.07 bits per heavy atom. The molecule has 0 aliphatic rings. The number of halogens is 3. The van der Waals surface area contributed by atoms with Gasteiger partial charge in [0.15, 0.2) is 5.82 Å². The van der Waals surface area contributed by atoms with E-state index in [2.05, 4.69) is 19.5 Å². The number of hydrogen-bond donors (Lipinski definition) is 2. The summed E-state index contributed by atoms with van der Waals surface area (Å²) in [7, 11) is -2.78. The number of hydrogen-bond acceptors (Lipinski definition) is 6. The van der Waals surface area contributed by atoms with E-state index in [0.29, 0.717) is 34.7 Å². The topological polar surface area (TPSA) is 103 Å². The quantitative estimate of drug-likeness (QED) is 0.412. The van der Waals surface area contributed by atoms with Gasteiger partial charge in [-0.05, 0) is 24.3 Å². The van der Waals surface area contributed by atoms with E-state index in [9.17, 15) is 26.4 Å². The van der Waals surface area contributed by atoms with Gasteiger partial charge in [0.2, 0.25) is 10.9 Å². The predicted octanol–water partition coefficient (Wildman–Crippen LogP) is 2.30. The van der Waals surface area contributed by atoms with Gasteiger partial charge >= 0.3 is 6.36 Å². The first kappa shape index (κ1) is 21.5. The Morgan fingerprint density at radius 2 is 1.73 bits per heavy atom. The maximum atomic E-state index is 12.4. The average Bonchev–Trinajstić information content (AvgIpc) is 3.11. The van der Waals surface area contributed by atoms with E-state index in [1.807, 2.05) is 0 Å². The molecule has 0 saturated heterocycles. The van der Waals surface area contributed by atoms with Crippen molar-refractivity contribution in [3.8, 4) is 22.8 Å². The molecule has 30 heavy (non-hydrogen) atoms. The van der Waals surface area contributed by atoms with E-state index in [-0.39, 0.29) is 18.7 Å². The number of rotatable bonds is 8. The molecule has 1 aromatic heterocycles. The van der Waals surface area contributed by atoms with Crippen molar-refractivity contribution in [1.29, 1.82) is 0 Å². The molecule has 0 amide bonds. The highest BCUT2D eigenvalue weighted by Gasteiger charge is 2.31. The normalized spacial score (nSPS) is 11.6. The van der Waals surface area contributed by atoms with Crippen molar-refractivity contribution in [3.05, 3.63) is 59.9 Å². The summed E-state index contributed by atoms with van der Waals surface area (Å²) in [4.78, 5) is 15.2. The van der Waals surface area contributed by atoms with Crippen molar-refractivity contribution in [2.24, 2.45) is 0 Å². The van der Waals surface area contributed by atoms with Crippen LogP contribution in [0.15, 0.2) is 48.5 Å². The number of thiol groups is 1. The SMILES string of the molecule is O=Cc1ccc(-c2nc(CCN[SH](=O)=O)n(-c3ccc(OC(F)(F)F)cc3)n2)cc1. The summed E-state index contributed by atoms with van der Waals surface area (Å²) < 4.78 is 66.0. The Hall–Kier alpha value is -3.25. The summed E-state index contributed by atoms with van der Waals surface area (Å²) >= 11 is 0. The zero-order valence-corrected chi connectivity index (χ0v) is 16.1. The third kappa shape index (κ3) is 5.64. The van der Waals surface area contributed by atoms with Crippen LogP contribution in [0.3, 0.4) is 0 Å². The second-order valence-electron chi connectivity index (χ2n) is 5.96. The van der Waals surface area contributed by atoms with Crippen molar-refractivity contribution in [1.82, 2.24) is 19.5 Å². The van der Waals surface area contributed by atoms with Gasteiger partial charge in [0, 0.05) is 24.1 Å². The summed E-state index contributed by atoms with van der Waals surface area (Å²) in [6.45, 7) is 0.0657. The van der Waals surface area contributed by atoms with Crippen LogP contribution < -0.4 is 9.46 Å². The molecule has 0 bridgehead atoms. The summed E-state index contributed by atoms with van der Waals surface area (Å²) in [5.74, 6) is 0.311. The molecule has 0 aliphatic heterocycles. The highest BCUT2D eigenvalue weighted by Crippen LogP contribution is 2.25. The van der Waals surface area contributed by atoms with E-state index < -0.39 is 17.3 Å². The third-order valence-electron chi connectivity index (χ3n) is 3.88. The number of nitrogens with zero attached hydrogens (tertiary/aromatic N) is 3. The first-order chi connectivity index (χ1) is 14.2. The zero-order valence-electron chi connectivity index (χ0n) is 15.2. The maximum Gasteiger partial charge on any atom is 0.573 e.